The molecule has 0 amide bonds. The van der Waals surface area contributed by atoms with Gasteiger partial charge in [0.25, 0.3) is 0 Å². The Hall–Kier alpha value is -2.57. The van der Waals surface area contributed by atoms with Crippen molar-refractivity contribution in [3.8, 4) is 11.5 Å². The van der Waals surface area contributed by atoms with Gasteiger partial charge in [-0.2, -0.15) is 5.10 Å². The van der Waals surface area contributed by atoms with E-state index in [0.717, 1.165) is 16.9 Å². The minimum atomic E-state index is 0.541. The third kappa shape index (κ3) is 2.10. The van der Waals surface area contributed by atoms with Gasteiger partial charge >= 0.3 is 0 Å². The van der Waals surface area contributed by atoms with Gasteiger partial charge in [-0.3, -0.25) is 0 Å². The summed E-state index contributed by atoms with van der Waals surface area (Å²) in [7, 11) is 3.21. The zero-order valence-corrected chi connectivity index (χ0v) is 10.6. The molecule has 0 bridgehead atoms. The Morgan fingerprint density at radius 3 is 2.68 bits per heavy atom. The lowest BCUT2D eigenvalue weighted by Gasteiger charge is -2.06. The third-order valence-corrected chi connectivity index (χ3v) is 2.81. The first-order chi connectivity index (χ1) is 9.30. The van der Waals surface area contributed by atoms with Crippen molar-refractivity contribution in [2.24, 2.45) is 0 Å². The van der Waals surface area contributed by atoms with Crippen LogP contribution in [0.4, 0.5) is 0 Å². The number of aromatic amines is 1. The van der Waals surface area contributed by atoms with Crippen LogP contribution in [0.25, 0.3) is 11.0 Å². The molecule has 98 valence electrons. The van der Waals surface area contributed by atoms with Crippen LogP contribution in [0.15, 0.2) is 24.8 Å². The van der Waals surface area contributed by atoms with Gasteiger partial charge in [0.2, 0.25) is 0 Å². The van der Waals surface area contributed by atoms with E-state index in [-0.39, 0.29) is 0 Å². The van der Waals surface area contributed by atoms with Crippen molar-refractivity contribution in [1.29, 1.82) is 0 Å². The van der Waals surface area contributed by atoms with Crippen molar-refractivity contribution in [1.82, 2.24) is 24.7 Å². The Balaban J connectivity index is 2.00. The van der Waals surface area contributed by atoms with Gasteiger partial charge in [-0.15, -0.1) is 0 Å². The molecule has 2 heterocycles. The van der Waals surface area contributed by atoms with E-state index >= 15 is 0 Å². The van der Waals surface area contributed by atoms with Crippen molar-refractivity contribution in [2.75, 3.05) is 14.2 Å². The molecule has 0 atom stereocenters. The van der Waals surface area contributed by atoms with E-state index in [0.29, 0.717) is 18.0 Å². The largest absolute Gasteiger partial charge is 0.493 e. The summed E-state index contributed by atoms with van der Waals surface area (Å²) in [4.78, 5) is 11.6. The van der Waals surface area contributed by atoms with Crippen LogP contribution in [0.1, 0.15) is 5.82 Å². The molecule has 0 saturated heterocycles. The standard InChI is InChI=1S/C12H13N5O2/c1-18-10-3-8-9(4-11(10)19-2)16-12(15-8)5-17-7-13-6-14-17/h3-4,6-7H,5H2,1-2H3,(H,15,16). The number of rotatable bonds is 4. The highest BCUT2D eigenvalue weighted by molar-refractivity contribution is 5.79. The fourth-order valence-corrected chi connectivity index (χ4v) is 1.93. The number of H-pyrrole nitrogens is 1. The Morgan fingerprint density at radius 2 is 2.00 bits per heavy atom. The molecule has 0 aliphatic rings. The molecular formula is C12H13N5O2. The fourth-order valence-electron chi connectivity index (χ4n) is 1.93. The number of ether oxygens (including phenoxy) is 2. The smallest absolute Gasteiger partial charge is 0.163 e. The minimum absolute atomic E-state index is 0.541. The number of hydrogen-bond acceptors (Lipinski definition) is 5. The predicted octanol–water partition coefficient (Wildman–Crippen LogP) is 1.22. The zero-order valence-electron chi connectivity index (χ0n) is 10.6. The Kier molecular flexibility index (Phi) is 2.79. The Morgan fingerprint density at radius 1 is 1.21 bits per heavy atom. The molecule has 1 N–H and O–H groups in total. The van der Waals surface area contributed by atoms with Gasteiger partial charge in [-0.1, -0.05) is 0 Å². The molecule has 0 unspecified atom stereocenters. The SMILES string of the molecule is COc1cc2nc(Cn3cncn3)[nH]c2cc1OC. The van der Waals surface area contributed by atoms with Crippen LogP contribution >= 0.6 is 0 Å². The average molecular weight is 259 g/mol. The highest BCUT2D eigenvalue weighted by atomic mass is 16.5. The maximum absolute atomic E-state index is 5.26. The van der Waals surface area contributed by atoms with Crippen molar-refractivity contribution in [2.45, 2.75) is 6.54 Å². The highest BCUT2D eigenvalue weighted by Crippen LogP contribution is 2.30. The molecule has 0 fully saturated rings. The summed E-state index contributed by atoms with van der Waals surface area (Å²) in [5, 5.41) is 4.05. The van der Waals surface area contributed by atoms with Gasteiger partial charge in [0.15, 0.2) is 11.5 Å². The van der Waals surface area contributed by atoms with Gasteiger partial charge in [-0.05, 0) is 0 Å². The second-order valence-corrected chi connectivity index (χ2v) is 4.00. The van der Waals surface area contributed by atoms with Crippen LogP contribution < -0.4 is 9.47 Å². The van der Waals surface area contributed by atoms with Crippen LogP contribution in [0.3, 0.4) is 0 Å². The first-order valence-electron chi connectivity index (χ1n) is 5.73. The molecule has 0 aliphatic carbocycles. The summed E-state index contributed by atoms with van der Waals surface area (Å²) in [6, 6.07) is 3.71. The molecule has 0 spiro atoms. The molecule has 7 nitrogen and oxygen atoms in total. The molecule has 2 aromatic heterocycles. The highest BCUT2D eigenvalue weighted by Gasteiger charge is 2.10. The summed E-state index contributed by atoms with van der Waals surface area (Å²) in [6.07, 6.45) is 3.14. The number of fused-ring (bicyclic) bond motifs is 1. The molecule has 19 heavy (non-hydrogen) atoms. The Labute approximate surface area is 109 Å². The van der Waals surface area contributed by atoms with Crippen LogP contribution in [-0.2, 0) is 6.54 Å². The number of nitrogens with zero attached hydrogens (tertiary/aromatic N) is 4. The van der Waals surface area contributed by atoms with E-state index in [1.54, 1.807) is 25.2 Å². The first kappa shape index (κ1) is 11.5. The number of imidazole rings is 1. The normalized spacial score (nSPS) is 10.8. The fraction of sp³-hybridized carbons (Fsp3) is 0.250. The summed E-state index contributed by atoms with van der Waals surface area (Å²) in [5.41, 5.74) is 1.72. The molecule has 0 aliphatic heterocycles. The summed E-state index contributed by atoms with van der Waals surface area (Å²) < 4.78 is 12.2. The maximum Gasteiger partial charge on any atom is 0.163 e. The van der Waals surface area contributed by atoms with E-state index < -0.39 is 0 Å². The molecule has 0 saturated carbocycles. The van der Waals surface area contributed by atoms with E-state index in [4.69, 9.17) is 9.47 Å². The van der Waals surface area contributed by atoms with Crippen LogP contribution in [0.2, 0.25) is 0 Å². The molecule has 7 heteroatoms. The predicted molar refractivity (Wildman–Crippen MR) is 68.3 cm³/mol. The second kappa shape index (κ2) is 4.60. The average Bonchev–Trinajstić information content (AvgIpc) is 3.05. The Bertz CT molecular complexity index is 649. The molecular weight excluding hydrogens is 246 g/mol. The molecule has 0 radical (unpaired) electrons. The van der Waals surface area contributed by atoms with Gasteiger partial charge in [0, 0.05) is 12.1 Å². The van der Waals surface area contributed by atoms with Crippen LogP contribution in [0.5, 0.6) is 11.5 Å². The summed E-state index contributed by atoms with van der Waals surface area (Å²) in [5.74, 6) is 2.13. The molecule has 3 aromatic rings. The topological polar surface area (TPSA) is 77.9 Å². The van der Waals surface area contributed by atoms with E-state index in [2.05, 4.69) is 20.1 Å². The molecule has 1 aromatic carbocycles. The van der Waals surface area contributed by atoms with Crippen molar-refractivity contribution in [3.05, 3.63) is 30.6 Å². The van der Waals surface area contributed by atoms with E-state index in [9.17, 15) is 0 Å². The van der Waals surface area contributed by atoms with Crippen LogP contribution in [0, 0.1) is 0 Å². The van der Waals surface area contributed by atoms with Crippen molar-refractivity contribution < 1.29 is 9.47 Å². The number of nitrogens with one attached hydrogen (secondary N) is 1. The third-order valence-electron chi connectivity index (χ3n) is 2.81. The number of hydrogen-bond donors (Lipinski definition) is 1. The zero-order chi connectivity index (χ0) is 13.2. The number of methoxy groups -OCH3 is 2. The van der Waals surface area contributed by atoms with E-state index in [1.165, 1.54) is 6.33 Å². The maximum atomic E-state index is 5.26. The lowest BCUT2D eigenvalue weighted by Crippen LogP contribution is -2.01. The first-order valence-corrected chi connectivity index (χ1v) is 5.73. The monoisotopic (exact) mass is 259 g/mol. The van der Waals surface area contributed by atoms with Crippen molar-refractivity contribution in [3.63, 3.8) is 0 Å². The van der Waals surface area contributed by atoms with Gasteiger partial charge in [0.05, 0.1) is 25.3 Å². The molecule has 3 rings (SSSR count). The number of aromatic nitrogens is 5. The summed E-state index contributed by atoms with van der Waals surface area (Å²) >= 11 is 0. The quantitative estimate of drug-likeness (QED) is 0.762. The minimum Gasteiger partial charge on any atom is -0.493 e. The lowest BCUT2D eigenvalue weighted by molar-refractivity contribution is 0.356. The second-order valence-electron chi connectivity index (χ2n) is 4.00. The van der Waals surface area contributed by atoms with Gasteiger partial charge in [0.1, 0.15) is 25.0 Å². The van der Waals surface area contributed by atoms with E-state index in [1.807, 2.05) is 12.1 Å². The van der Waals surface area contributed by atoms with Gasteiger partial charge in [-0.25, -0.2) is 14.6 Å². The van der Waals surface area contributed by atoms with Crippen LogP contribution in [-0.4, -0.2) is 39.0 Å². The van der Waals surface area contributed by atoms with Gasteiger partial charge < -0.3 is 14.5 Å². The summed E-state index contributed by atoms with van der Waals surface area (Å²) in [6.45, 7) is 0.541. The number of benzene rings is 1. The van der Waals surface area contributed by atoms with Crippen molar-refractivity contribution >= 4 is 11.0 Å². The lowest BCUT2D eigenvalue weighted by atomic mass is 10.3.